The maximum absolute atomic E-state index is 13.0. The lowest BCUT2D eigenvalue weighted by atomic mass is 10.00. The molecule has 6 heteroatoms. The summed E-state index contributed by atoms with van der Waals surface area (Å²) in [6, 6.07) is 15.1. The fourth-order valence-corrected chi connectivity index (χ4v) is 3.36. The summed E-state index contributed by atoms with van der Waals surface area (Å²) in [7, 11) is 3.14. The van der Waals surface area contributed by atoms with Gasteiger partial charge in [-0.3, -0.25) is 9.59 Å². The molecule has 0 saturated heterocycles. The SMILES string of the molecule is COCCN(CC(=O)N1CCc2ccccc2C1)C(=O)c1cccc(OC)c1. The highest BCUT2D eigenvalue weighted by Gasteiger charge is 2.25. The number of hydrogen-bond donors (Lipinski definition) is 0. The molecule has 28 heavy (non-hydrogen) atoms. The molecule has 0 unspecified atom stereocenters. The first-order chi connectivity index (χ1) is 13.6. The molecule has 0 radical (unpaired) electrons. The van der Waals surface area contributed by atoms with Crippen LogP contribution in [0.2, 0.25) is 0 Å². The Labute approximate surface area is 165 Å². The first-order valence-electron chi connectivity index (χ1n) is 9.39. The monoisotopic (exact) mass is 382 g/mol. The zero-order valence-electron chi connectivity index (χ0n) is 16.4. The molecule has 1 aliphatic heterocycles. The molecular formula is C22H26N2O4. The summed E-state index contributed by atoms with van der Waals surface area (Å²) in [4.78, 5) is 29.2. The van der Waals surface area contributed by atoms with Crippen molar-refractivity contribution in [2.45, 2.75) is 13.0 Å². The molecule has 2 aromatic rings. The van der Waals surface area contributed by atoms with Gasteiger partial charge in [0.15, 0.2) is 0 Å². The van der Waals surface area contributed by atoms with E-state index in [2.05, 4.69) is 12.1 Å². The molecule has 6 nitrogen and oxygen atoms in total. The van der Waals surface area contributed by atoms with Gasteiger partial charge in [0.2, 0.25) is 5.91 Å². The molecule has 0 aliphatic carbocycles. The second-order valence-corrected chi connectivity index (χ2v) is 6.79. The molecule has 3 rings (SSSR count). The minimum Gasteiger partial charge on any atom is -0.497 e. The van der Waals surface area contributed by atoms with Gasteiger partial charge in [-0.05, 0) is 35.7 Å². The number of carbonyl (C=O) groups is 2. The molecular weight excluding hydrogens is 356 g/mol. The molecule has 2 aromatic carbocycles. The van der Waals surface area contributed by atoms with Gasteiger partial charge < -0.3 is 19.3 Å². The van der Waals surface area contributed by atoms with E-state index >= 15 is 0 Å². The van der Waals surface area contributed by atoms with E-state index in [1.165, 1.54) is 11.1 Å². The molecule has 148 valence electrons. The number of carbonyl (C=O) groups excluding carboxylic acids is 2. The first kappa shape index (κ1) is 19.9. The van der Waals surface area contributed by atoms with Crippen molar-refractivity contribution in [2.75, 3.05) is 40.5 Å². The van der Waals surface area contributed by atoms with Crippen molar-refractivity contribution in [3.05, 3.63) is 65.2 Å². The molecule has 0 fully saturated rings. The van der Waals surface area contributed by atoms with E-state index in [0.29, 0.717) is 37.6 Å². The van der Waals surface area contributed by atoms with Crippen LogP contribution in [-0.2, 0) is 22.5 Å². The molecule has 1 heterocycles. The van der Waals surface area contributed by atoms with Gasteiger partial charge in [0.1, 0.15) is 12.3 Å². The highest BCUT2D eigenvalue weighted by molar-refractivity contribution is 5.96. The summed E-state index contributed by atoms with van der Waals surface area (Å²) >= 11 is 0. The molecule has 0 aromatic heterocycles. The Morgan fingerprint density at radius 1 is 1.07 bits per heavy atom. The second kappa shape index (κ2) is 9.37. The number of methoxy groups -OCH3 is 2. The largest absolute Gasteiger partial charge is 0.497 e. The highest BCUT2D eigenvalue weighted by Crippen LogP contribution is 2.19. The van der Waals surface area contributed by atoms with E-state index in [0.717, 1.165) is 6.42 Å². The van der Waals surface area contributed by atoms with Crippen molar-refractivity contribution in [2.24, 2.45) is 0 Å². The van der Waals surface area contributed by atoms with Crippen LogP contribution in [0.1, 0.15) is 21.5 Å². The predicted octanol–water partition coefficient (Wildman–Crippen LogP) is 2.37. The zero-order chi connectivity index (χ0) is 19.9. The van der Waals surface area contributed by atoms with E-state index in [1.807, 2.05) is 17.0 Å². The van der Waals surface area contributed by atoms with Crippen LogP contribution in [0, 0.1) is 0 Å². The number of nitrogens with zero attached hydrogens (tertiary/aromatic N) is 2. The average molecular weight is 382 g/mol. The fourth-order valence-electron chi connectivity index (χ4n) is 3.36. The van der Waals surface area contributed by atoms with Gasteiger partial charge in [0, 0.05) is 32.3 Å². The van der Waals surface area contributed by atoms with E-state index in [-0.39, 0.29) is 18.4 Å². The van der Waals surface area contributed by atoms with Crippen molar-refractivity contribution < 1.29 is 19.1 Å². The first-order valence-corrected chi connectivity index (χ1v) is 9.39. The third kappa shape index (κ3) is 4.70. The quantitative estimate of drug-likeness (QED) is 0.738. The van der Waals surface area contributed by atoms with Crippen molar-refractivity contribution in [3.63, 3.8) is 0 Å². The van der Waals surface area contributed by atoms with Crippen LogP contribution in [-0.4, -0.2) is 62.1 Å². The van der Waals surface area contributed by atoms with Crippen LogP contribution in [0.5, 0.6) is 5.75 Å². The van der Waals surface area contributed by atoms with Crippen molar-refractivity contribution in [1.29, 1.82) is 0 Å². The van der Waals surface area contributed by atoms with Crippen molar-refractivity contribution >= 4 is 11.8 Å². The van der Waals surface area contributed by atoms with Crippen LogP contribution in [0.25, 0.3) is 0 Å². The third-order valence-electron chi connectivity index (χ3n) is 4.98. The number of hydrogen-bond acceptors (Lipinski definition) is 4. The Bertz CT molecular complexity index is 837. The molecule has 0 saturated carbocycles. The van der Waals surface area contributed by atoms with E-state index in [1.54, 1.807) is 43.4 Å². The lowest BCUT2D eigenvalue weighted by Gasteiger charge is -2.31. The predicted molar refractivity (Wildman–Crippen MR) is 106 cm³/mol. The summed E-state index contributed by atoms with van der Waals surface area (Å²) in [6.45, 7) is 2.00. The minimum absolute atomic E-state index is 0.0293. The summed E-state index contributed by atoms with van der Waals surface area (Å²) < 4.78 is 10.3. The van der Waals surface area contributed by atoms with Gasteiger partial charge in [-0.25, -0.2) is 0 Å². The van der Waals surface area contributed by atoms with Gasteiger partial charge in [-0.2, -0.15) is 0 Å². The van der Waals surface area contributed by atoms with Crippen LogP contribution < -0.4 is 4.74 Å². The van der Waals surface area contributed by atoms with E-state index < -0.39 is 0 Å². The number of ether oxygens (including phenoxy) is 2. The molecule has 1 aliphatic rings. The number of fused-ring (bicyclic) bond motifs is 1. The Kier molecular flexibility index (Phi) is 6.66. The maximum Gasteiger partial charge on any atom is 0.254 e. The van der Waals surface area contributed by atoms with Gasteiger partial charge in [-0.15, -0.1) is 0 Å². The Balaban J connectivity index is 1.71. The zero-order valence-corrected chi connectivity index (χ0v) is 16.4. The molecule has 2 amide bonds. The standard InChI is InChI=1S/C22H26N2O4/c1-27-13-12-24(22(26)18-8-5-9-20(14-18)28-2)16-21(25)23-11-10-17-6-3-4-7-19(17)15-23/h3-9,14H,10-13,15-16H2,1-2H3. The summed E-state index contributed by atoms with van der Waals surface area (Å²) in [6.07, 6.45) is 0.837. The summed E-state index contributed by atoms with van der Waals surface area (Å²) in [5, 5.41) is 0. The summed E-state index contributed by atoms with van der Waals surface area (Å²) in [5.74, 6) is 0.347. The molecule has 0 N–H and O–H groups in total. The third-order valence-corrected chi connectivity index (χ3v) is 4.98. The van der Waals surface area contributed by atoms with E-state index in [9.17, 15) is 9.59 Å². The van der Waals surface area contributed by atoms with Crippen LogP contribution in [0.3, 0.4) is 0 Å². The smallest absolute Gasteiger partial charge is 0.254 e. The highest BCUT2D eigenvalue weighted by atomic mass is 16.5. The van der Waals surface area contributed by atoms with Crippen molar-refractivity contribution in [3.8, 4) is 5.75 Å². The molecule has 0 atom stereocenters. The van der Waals surface area contributed by atoms with Gasteiger partial charge in [0.25, 0.3) is 5.91 Å². The van der Waals surface area contributed by atoms with Gasteiger partial charge in [0.05, 0.1) is 13.7 Å². The number of rotatable bonds is 7. The summed E-state index contributed by atoms with van der Waals surface area (Å²) in [5.41, 5.74) is 2.95. The fraction of sp³-hybridized carbons (Fsp3) is 0.364. The lowest BCUT2D eigenvalue weighted by Crippen LogP contribution is -2.45. The maximum atomic E-state index is 13.0. The number of amides is 2. The average Bonchev–Trinajstić information content (AvgIpc) is 2.75. The van der Waals surface area contributed by atoms with Crippen LogP contribution in [0.15, 0.2) is 48.5 Å². The Morgan fingerprint density at radius 3 is 2.61 bits per heavy atom. The van der Waals surface area contributed by atoms with Crippen LogP contribution in [0.4, 0.5) is 0 Å². The second-order valence-electron chi connectivity index (χ2n) is 6.79. The van der Waals surface area contributed by atoms with Gasteiger partial charge in [-0.1, -0.05) is 30.3 Å². The normalized spacial score (nSPS) is 13.0. The minimum atomic E-state index is -0.207. The molecule has 0 spiro atoms. The Hall–Kier alpha value is -2.86. The van der Waals surface area contributed by atoms with E-state index in [4.69, 9.17) is 9.47 Å². The van der Waals surface area contributed by atoms with Crippen molar-refractivity contribution in [1.82, 2.24) is 9.80 Å². The van der Waals surface area contributed by atoms with Crippen LogP contribution >= 0.6 is 0 Å². The Morgan fingerprint density at radius 2 is 1.86 bits per heavy atom. The topological polar surface area (TPSA) is 59.1 Å². The van der Waals surface area contributed by atoms with Gasteiger partial charge >= 0.3 is 0 Å². The number of benzene rings is 2. The molecule has 0 bridgehead atoms. The lowest BCUT2D eigenvalue weighted by molar-refractivity contribution is -0.133.